The topological polar surface area (TPSA) is 63.9 Å². The quantitative estimate of drug-likeness (QED) is 0.0561. The molecule has 0 saturated carbocycles. The highest BCUT2D eigenvalue weighted by Crippen LogP contribution is 2.17. The van der Waals surface area contributed by atoms with Crippen LogP contribution in [-0.2, 0) is 0 Å². The van der Waals surface area contributed by atoms with Crippen LogP contribution in [0.1, 0.15) is 245 Å². The van der Waals surface area contributed by atoms with E-state index in [-0.39, 0.29) is 18.8 Å². The highest BCUT2D eigenvalue weighted by Gasteiger charge is 2.15. The molecule has 0 fully saturated rings. The Bertz CT molecular complexity index is 529. The van der Waals surface area contributed by atoms with E-state index in [0.29, 0.717) is 13.1 Å². The van der Waals surface area contributed by atoms with Gasteiger partial charge in [-0.2, -0.15) is 0 Å². The Labute approximate surface area is 303 Å². The van der Waals surface area contributed by atoms with Gasteiger partial charge in [-0.15, -0.1) is 0 Å². The number of aliphatic hydroxyl groups is 3. The molecule has 0 aliphatic rings. The summed E-state index contributed by atoms with van der Waals surface area (Å²) in [6.45, 7) is 6.96. The van der Waals surface area contributed by atoms with Crippen LogP contribution in [-0.4, -0.2) is 58.7 Å². The predicted octanol–water partition coefficient (Wildman–Crippen LogP) is 13.1. The van der Waals surface area contributed by atoms with E-state index in [1.807, 2.05) is 0 Å². The van der Waals surface area contributed by atoms with Crippen molar-refractivity contribution in [3.8, 4) is 0 Å². The van der Waals surface area contributed by atoms with E-state index in [9.17, 15) is 15.3 Å². The minimum Gasteiger partial charge on any atom is -0.396 e. The molecular formula is C44H91NO3. The van der Waals surface area contributed by atoms with Gasteiger partial charge in [-0.1, -0.05) is 219 Å². The molecule has 0 aromatic rings. The largest absolute Gasteiger partial charge is 0.396 e. The van der Waals surface area contributed by atoms with Crippen molar-refractivity contribution in [2.45, 2.75) is 257 Å². The molecule has 0 radical (unpaired) electrons. The number of hydrogen-bond donors (Lipinski definition) is 3. The van der Waals surface area contributed by atoms with Crippen LogP contribution in [0.25, 0.3) is 0 Å². The van der Waals surface area contributed by atoms with Gasteiger partial charge < -0.3 is 15.3 Å². The molecule has 0 heterocycles. The van der Waals surface area contributed by atoms with E-state index in [4.69, 9.17) is 0 Å². The van der Waals surface area contributed by atoms with E-state index < -0.39 is 0 Å². The van der Waals surface area contributed by atoms with Crippen molar-refractivity contribution in [3.05, 3.63) is 0 Å². The zero-order valence-corrected chi connectivity index (χ0v) is 33.2. The lowest BCUT2D eigenvalue weighted by Crippen LogP contribution is -2.38. The fraction of sp³-hybridized carbons (Fsp3) is 1.00. The van der Waals surface area contributed by atoms with Gasteiger partial charge in [-0.25, -0.2) is 0 Å². The van der Waals surface area contributed by atoms with Crippen LogP contribution in [0.2, 0.25) is 0 Å². The van der Waals surface area contributed by atoms with Crippen LogP contribution in [0, 0.1) is 0 Å². The van der Waals surface area contributed by atoms with E-state index >= 15 is 0 Å². The van der Waals surface area contributed by atoms with Crippen LogP contribution in [0.15, 0.2) is 0 Å². The highest BCUT2D eigenvalue weighted by molar-refractivity contribution is 4.70. The summed E-state index contributed by atoms with van der Waals surface area (Å²) in [5.74, 6) is 0. The van der Waals surface area contributed by atoms with Gasteiger partial charge in [-0.05, 0) is 32.2 Å². The molecule has 2 atom stereocenters. The van der Waals surface area contributed by atoms with Crippen molar-refractivity contribution in [1.29, 1.82) is 0 Å². The highest BCUT2D eigenvalue weighted by atomic mass is 16.3. The number of aliphatic hydroxyl groups excluding tert-OH is 3. The molecule has 0 aromatic carbocycles. The first-order chi connectivity index (χ1) is 23.6. The van der Waals surface area contributed by atoms with Crippen molar-refractivity contribution < 1.29 is 15.3 Å². The van der Waals surface area contributed by atoms with Crippen LogP contribution in [0.5, 0.6) is 0 Å². The fourth-order valence-electron chi connectivity index (χ4n) is 7.34. The lowest BCUT2D eigenvalue weighted by Gasteiger charge is -2.27. The van der Waals surface area contributed by atoms with Crippen molar-refractivity contribution >= 4 is 0 Å². The van der Waals surface area contributed by atoms with Crippen LogP contribution in [0.3, 0.4) is 0 Å². The van der Waals surface area contributed by atoms with Gasteiger partial charge >= 0.3 is 0 Å². The summed E-state index contributed by atoms with van der Waals surface area (Å²) in [7, 11) is 0. The smallest absolute Gasteiger partial charge is 0.0667 e. The van der Waals surface area contributed by atoms with E-state index in [2.05, 4.69) is 18.7 Å². The average Bonchev–Trinajstić information content (AvgIpc) is 3.08. The molecule has 0 bridgehead atoms. The second kappa shape index (κ2) is 41.3. The third kappa shape index (κ3) is 38.6. The third-order valence-electron chi connectivity index (χ3n) is 10.6. The number of rotatable bonds is 42. The number of unbranched alkanes of at least 4 members (excludes halogenated alkanes) is 31. The predicted molar refractivity (Wildman–Crippen MR) is 213 cm³/mol. The maximum Gasteiger partial charge on any atom is 0.0667 e. The van der Waals surface area contributed by atoms with E-state index in [1.54, 1.807) is 0 Å². The summed E-state index contributed by atoms with van der Waals surface area (Å²) in [5.41, 5.74) is 0. The van der Waals surface area contributed by atoms with Crippen molar-refractivity contribution in [3.63, 3.8) is 0 Å². The lowest BCUT2D eigenvalue weighted by atomic mass is 10.0. The Hall–Kier alpha value is -0.160. The molecule has 0 rings (SSSR count). The van der Waals surface area contributed by atoms with Crippen molar-refractivity contribution in [2.75, 3.05) is 26.2 Å². The van der Waals surface area contributed by atoms with Gasteiger partial charge in [0.15, 0.2) is 0 Å². The summed E-state index contributed by atoms with van der Waals surface area (Å²) in [5, 5.41) is 30.8. The first-order valence-corrected chi connectivity index (χ1v) is 22.3. The zero-order chi connectivity index (χ0) is 35.0. The lowest BCUT2D eigenvalue weighted by molar-refractivity contribution is 0.0590. The first kappa shape index (κ1) is 47.8. The Morgan fingerprint density at radius 1 is 0.333 bits per heavy atom. The Kier molecular flexibility index (Phi) is 41.1. The Morgan fingerprint density at radius 2 is 0.583 bits per heavy atom. The molecule has 0 aliphatic heterocycles. The first-order valence-electron chi connectivity index (χ1n) is 22.3. The van der Waals surface area contributed by atoms with Gasteiger partial charge in [0.25, 0.3) is 0 Å². The molecule has 0 saturated heterocycles. The van der Waals surface area contributed by atoms with Gasteiger partial charge in [0.2, 0.25) is 0 Å². The number of nitrogens with zero attached hydrogens (tertiary/aromatic N) is 1. The molecule has 0 spiro atoms. The Balaban J connectivity index is 3.75. The summed E-state index contributed by atoms with van der Waals surface area (Å²) >= 11 is 0. The second-order valence-corrected chi connectivity index (χ2v) is 15.7. The number of hydrogen-bond acceptors (Lipinski definition) is 4. The van der Waals surface area contributed by atoms with E-state index in [0.717, 1.165) is 45.1 Å². The zero-order valence-electron chi connectivity index (χ0n) is 33.2. The van der Waals surface area contributed by atoms with Crippen LogP contribution < -0.4 is 0 Å². The maximum absolute atomic E-state index is 10.8. The molecular weight excluding hydrogens is 590 g/mol. The van der Waals surface area contributed by atoms with E-state index in [1.165, 1.54) is 193 Å². The Morgan fingerprint density at radius 3 is 0.833 bits per heavy atom. The minimum absolute atomic E-state index is 0.220. The molecule has 4 nitrogen and oxygen atoms in total. The van der Waals surface area contributed by atoms with Crippen molar-refractivity contribution in [2.24, 2.45) is 0 Å². The fourth-order valence-corrected chi connectivity index (χ4v) is 7.34. The molecule has 2 unspecified atom stereocenters. The molecule has 3 N–H and O–H groups in total. The second-order valence-electron chi connectivity index (χ2n) is 15.7. The summed E-state index contributed by atoms with van der Waals surface area (Å²) in [4.78, 5) is 2.25. The third-order valence-corrected chi connectivity index (χ3v) is 10.6. The van der Waals surface area contributed by atoms with Crippen LogP contribution in [0.4, 0.5) is 0 Å². The van der Waals surface area contributed by atoms with Gasteiger partial charge in [0.05, 0.1) is 12.2 Å². The van der Waals surface area contributed by atoms with Gasteiger partial charge in [-0.3, -0.25) is 4.90 Å². The van der Waals surface area contributed by atoms with Gasteiger partial charge in [0, 0.05) is 19.7 Å². The van der Waals surface area contributed by atoms with Gasteiger partial charge in [0.1, 0.15) is 0 Å². The normalized spacial score (nSPS) is 13.1. The molecule has 0 amide bonds. The summed E-state index contributed by atoms with van der Waals surface area (Å²) in [6, 6.07) is 0. The molecule has 4 heteroatoms. The van der Waals surface area contributed by atoms with Crippen molar-refractivity contribution in [1.82, 2.24) is 4.90 Å². The minimum atomic E-state index is -0.312. The standard InChI is InChI=1S/C44H91NO3/c1-3-5-7-9-11-13-15-17-19-21-23-25-27-29-31-33-37-43(47)41-45(39-35-36-40-46)42-44(48)38-34-32-30-28-26-24-22-20-18-16-14-12-10-8-6-4-2/h43-44,46-48H,3-42H2,1-2H3. The molecule has 0 aliphatic carbocycles. The maximum atomic E-state index is 10.8. The molecule has 0 aromatic heterocycles. The summed E-state index contributed by atoms with van der Waals surface area (Å²) in [6.07, 6.45) is 46.7. The molecule has 48 heavy (non-hydrogen) atoms. The van der Waals surface area contributed by atoms with Crippen LogP contribution >= 0.6 is 0 Å². The monoisotopic (exact) mass is 682 g/mol. The SMILES string of the molecule is CCCCCCCCCCCCCCCCCCC(O)CN(CCCCO)CC(O)CCCCCCCCCCCCCCCCCC. The average molecular weight is 682 g/mol. The molecule has 290 valence electrons. The summed E-state index contributed by atoms with van der Waals surface area (Å²) < 4.78 is 0.